The average molecular weight is 590 g/mol. The molecular weight excluding hydrogens is 554 g/mol. The summed E-state index contributed by atoms with van der Waals surface area (Å²) in [5.74, 6) is -2.20. The average Bonchev–Trinajstić information content (AvgIpc) is 3.25. The Morgan fingerprint density at radius 1 is 0.818 bits per heavy atom. The molecule has 0 aromatic heterocycles. The minimum Gasteiger partial charge on any atom is -0.507 e. The number of hydrogen-bond acceptors (Lipinski definition) is 5. The van der Waals surface area contributed by atoms with Crippen LogP contribution in [0.3, 0.4) is 0 Å². The van der Waals surface area contributed by atoms with Crippen molar-refractivity contribution in [1.82, 2.24) is 4.90 Å². The van der Waals surface area contributed by atoms with E-state index in [1.54, 1.807) is 30.3 Å². The fourth-order valence-electron chi connectivity index (χ4n) is 5.35. The van der Waals surface area contributed by atoms with Gasteiger partial charge in [0, 0.05) is 12.1 Å². The van der Waals surface area contributed by atoms with Crippen LogP contribution in [0.5, 0.6) is 5.75 Å². The third-order valence-electron chi connectivity index (χ3n) is 7.87. The van der Waals surface area contributed by atoms with Crippen LogP contribution in [0, 0.1) is 6.92 Å². The number of ether oxygens (including phenoxy) is 1. The molecule has 0 saturated carbocycles. The second-order valence-corrected chi connectivity index (χ2v) is 12.1. The van der Waals surface area contributed by atoms with Crippen LogP contribution >= 0.6 is 0 Å². The lowest BCUT2D eigenvalue weighted by atomic mass is 9.85. The maximum atomic E-state index is 13.6. The number of aryl methyl sites for hydroxylation is 1. The number of aliphatic hydroxyl groups is 1. The highest BCUT2D eigenvalue weighted by Gasteiger charge is 2.46. The van der Waals surface area contributed by atoms with Gasteiger partial charge in [0.25, 0.3) is 11.7 Å². The number of carbonyl (C=O) groups is 3. The Bertz CT molecular complexity index is 1730. The predicted molar refractivity (Wildman–Crippen MR) is 168 cm³/mol. The molecule has 4 aromatic carbocycles. The highest BCUT2D eigenvalue weighted by atomic mass is 16.5. The van der Waals surface area contributed by atoms with Crippen molar-refractivity contribution in [2.75, 3.05) is 0 Å². The van der Waals surface area contributed by atoms with Crippen molar-refractivity contribution in [2.24, 2.45) is 0 Å². The zero-order chi connectivity index (χ0) is 31.6. The SMILES string of the molecule is Cc1cc(/C(O)=C2/C(=O)C(=O)N(Cc3ccc(C(=O)O)cc3)C2c2ccc(C(C)(C)C)cc2)ccc1OCc1ccccc1. The summed E-state index contributed by atoms with van der Waals surface area (Å²) in [6, 6.07) is 28.0. The minimum absolute atomic E-state index is 0.00183. The summed E-state index contributed by atoms with van der Waals surface area (Å²) in [7, 11) is 0. The Hall–Kier alpha value is -5.17. The number of hydrogen-bond donors (Lipinski definition) is 2. The number of Topliss-reactive ketones (excluding diaryl/α,β-unsaturated/α-hetero) is 1. The number of amides is 1. The largest absolute Gasteiger partial charge is 0.507 e. The lowest BCUT2D eigenvalue weighted by molar-refractivity contribution is -0.140. The van der Waals surface area contributed by atoms with Crippen molar-refractivity contribution >= 4 is 23.4 Å². The van der Waals surface area contributed by atoms with Gasteiger partial charge in [-0.25, -0.2) is 4.79 Å². The molecule has 4 aromatic rings. The molecule has 5 rings (SSSR count). The zero-order valence-electron chi connectivity index (χ0n) is 25.2. The first-order valence-electron chi connectivity index (χ1n) is 14.4. The summed E-state index contributed by atoms with van der Waals surface area (Å²) in [5, 5.41) is 20.9. The van der Waals surface area contributed by atoms with Crippen LogP contribution in [0.15, 0.2) is 103 Å². The molecule has 1 heterocycles. The van der Waals surface area contributed by atoms with E-state index in [2.05, 4.69) is 20.8 Å². The molecule has 0 bridgehead atoms. The van der Waals surface area contributed by atoms with E-state index >= 15 is 0 Å². The highest BCUT2D eigenvalue weighted by Crippen LogP contribution is 2.41. The van der Waals surface area contributed by atoms with Crippen molar-refractivity contribution in [3.05, 3.63) is 142 Å². The van der Waals surface area contributed by atoms with Gasteiger partial charge in [-0.05, 0) is 70.5 Å². The number of aromatic carboxylic acids is 1. The minimum atomic E-state index is -1.05. The first-order chi connectivity index (χ1) is 20.9. The van der Waals surface area contributed by atoms with Gasteiger partial charge in [-0.1, -0.05) is 87.5 Å². The number of carbonyl (C=O) groups excluding carboxylic acids is 2. The van der Waals surface area contributed by atoms with Crippen molar-refractivity contribution in [3.8, 4) is 5.75 Å². The number of nitrogens with zero attached hydrogens (tertiary/aromatic N) is 1. The Morgan fingerprint density at radius 2 is 1.45 bits per heavy atom. The van der Waals surface area contributed by atoms with Gasteiger partial charge in [-0.2, -0.15) is 0 Å². The molecule has 1 atom stereocenters. The van der Waals surface area contributed by atoms with Crippen molar-refractivity contribution in [1.29, 1.82) is 0 Å². The summed E-state index contributed by atoms with van der Waals surface area (Å²) in [6.07, 6.45) is 0. The summed E-state index contributed by atoms with van der Waals surface area (Å²) in [4.78, 5) is 39.8. The van der Waals surface area contributed by atoms with E-state index in [-0.39, 0.29) is 28.9 Å². The molecule has 44 heavy (non-hydrogen) atoms. The lowest BCUT2D eigenvalue weighted by Gasteiger charge is -2.26. The van der Waals surface area contributed by atoms with E-state index in [9.17, 15) is 24.6 Å². The van der Waals surface area contributed by atoms with Gasteiger partial charge < -0.3 is 19.8 Å². The smallest absolute Gasteiger partial charge is 0.335 e. The van der Waals surface area contributed by atoms with E-state index < -0.39 is 23.7 Å². The molecule has 2 N–H and O–H groups in total. The van der Waals surface area contributed by atoms with Crippen LogP contribution in [0.25, 0.3) is 5.76 Å². The molecule has 0 spiro atoms. The molecule has 224 valence electrons. The first kappa shape index (κ1) is 30.3. The monoisotopic (exact) mass is 589 g/mol. The van der Waals surface area contributed by atoms with Crippen molar-refractivity contribution in [2.45, 2.75) is 52.3 Å². The highest BCUT2D eigenvalue weighted by molar-refractivity contribution is 6.46. The summed E-state index contributed by atoms with van der Waals surface area (Å²) in [6.45, 7) is 8.60. The van der Waals surface area contributed by atoms with Gasteiger partial charge >= 0.3 is 5.97 Å². The Balaban J connectivity index is 1.53. The fourth-order valence-corrected chi connectivity index (χ4v) is 5.35. The van der Waals surface area contributed by atoms with Gasteiger partial charge in [0.15, 0.2) is 0 Å². The second-order valence-electron chi connectivity index (χ2n) is 12.1. The fraction of sp³-hybridized carbons (Fsp3) is 0.216. The van der Waals surface area contributed by atoms with Gasteiger partial charge in [0.05, 0.1) is 17.2 Å². The second kappa shape index (κ2) is 12.2. The number of rotatable bonds is 8. The van der Waals surface area contributed by atoms with Crippen LogP contribution in [-0.2, 0) is 28.2 Å². The van der Waals surface area contributed by atoms with E-state index in [0.29, 0.717) is 29.0 Å². The van der Waals surface area contributed by atoms with Crippen molar-refractivity contribution in [3.63, 3.8) is 0 Å². The molecule has 1 aliphatic rings. The number of aliphatic hydroxyl groups excluding tert-OH is 1. The Labute approximate surface area is 257 Å². The maximum Gasteiger partial charge on any atom is 0.335 e. The standard InChI is InChI=1S/C37H35NO6/c1-23-20-28(16-19-30(23)44-22-25-8-6-5-7-9-25)33(39)31-32(26-14-17-29(18-15-26)37(2,3)4)38(35(41)34(31)40)21-24-10-12-27(13-11-24)36(42)43/h5-20,32,39H,21-22H2,1-4H3,(H,42,43)/b33-31-. The molecule has 1 fully saturated rings. The number of ketones is 1. The van der Waals surface area contributed by atoms with Crippen LogP contribution in [0.1, 0.15) is 70.6 Å². The van der Waals surface area contributed by atoms with Gasteiger partial charge in [-0.3, -0.25) is 9.59 Å². The predicted octanol–water partition coefficient (Wildman–Crippen LogP) is 7.19. The normalized spacial score (nSPS) is 16.3. The molecule has 1 amide bonds. The number of likely N-dealkylation sites (tertiary alicyclic amines) is 1. The van der Waals surface area contributed by atoms with Crippen LogP contribution in [0.2, 0.25) is 0 Å². The van der Waals surface area contributed by atoms with Crippen LogP contribution in [0.4, 0.5) is 0 Å². The van der Waals surface area contributed by atoms with Gasteiger partial charge in [0.2, 0.25) is 0 Å². The van der Waals surface area contributed by atoms with Gasteiger partial charge in [-0.15, -0.1) is 0 Å². The third kappa shape index (κ3) is 6.27. The van der Waals surface area contributed by atoms with Crippen molar-refractivity contribution < 1.29 is 29.3 Å². The van der Waals surface area contributed by atoms with Crippen LogP contribution < -0.4 is 4.74 Å². The molecular formula is C37H35NO6. The van der Waals surface area contributed by atoms with E-state index in [1.165, 1.54) is 17.0 Å². The molecule has 0 aliphatic carbocycles. The molecule has 1 unspecified atom stereocenters. The van der Waals surface area contributed by atoms with E-state index in [4.69, 9.17) is 4.74 Å². The molecule has 7 heteroatoms. The molecule has 1 aliphatic heterocycles. The number of carboxylic acid groups (broad SMARTS) is 1. The van der Waals surface area contributed by atoms with E-state index in [1.807, 2.05) is 61.5 Å². The maximum absolute atomic E-state index is 13.6. The Kier molecular flexibility index (Phi) is 8.41. The summed E-state index contributed by atoms with van der Waals surface area (Å²) < 4.78 is 5.99. The zero-order valence-corrected chi connectivity index (χ0v) is 25.2. The lowest BCUT2D eigenvalue weighted by Crippen LogP contribution is -2.29. The molecule has 1 saturated heterocycles. The molecule has 7 nitrogen and oxygen atoms in total. The molecule has 0 radical (unpaired) electrons. The Morgan fingerprint density at radius 3 is 2.05 bits per heavy atom. The first-order valence-corrected chi connectivity index (χ1v) is 14.4. The van der Waals surface area contributed by atoms with Crippen LogP contribution in [-0.4, -0.2) is 32.8 Å². The number of benzene rings is 4. The number of carboxylic acids is 1. The third-order valence-corrected chi connectivity index (χ3v) is 7.87. The van der Waals surface area contributed by atoms with E-state index in [0.717, 1.165) is 16.7 Å². The topological polar surface area (TPSA) is 104 Å². The summed E-state index contributed by atoms with van der Waals surface area (Å²) >= 11 is 0. The quantitative estimate of drug-likeness (QED) is 0.128. The summed E-state index contributed by atoms with van der Waals surface area (Å²) in [5.41, 5.74) is 4.63. The van der Waals surface area contributed by atoms with Gasteiger partial charge in [0.1, 0.15) is 18.1 Å².